The lowest BCUT2D eigenvalue weighted by molar-refractivity contribution is -0.133. The molecule has 0 aromatic heterocycles. The third-order valence-corrected chi connectivity index (χ3v) is 3.47. The molecule has 0 saturated heterocycles. The van der Waals surface area contributed by atoms with Crippen LogP contribution in [0.25, 0.3) is 21.5 Å². The summed E-state index contributed by atoms with van der Waals surface area (Å²) in [5.74, 6) is 0.470. The number of hydrogen-bond acceptors (Lipinski definition) is 2. The van der Waals surface area contributed by atoms with E-state index in [4.69, 9.17) is 4.74 Å². The lowest BCUT2D eigenvalue weighted by Crippen LogP contribution is -2.06. The van der Waals surface area contributed by atoms with Crippen LogP contribution >= 0.6 is 0 Å². The van der Waals surface area contributed by atoms with Crippen LogP contribution in [0.5, 0.6) is 5.75 Å². The van der Waals surface area contributed by atoms with Crippen LogP contribution in [0.1, 0.15) is 18.9 Å². The van der Waals surface area contributed by atoms with Gasteiger partial charge < -0.3 is 4.74 Å². The first kappa shape index (κ1) is 12.7. The molecule has 3 aromatic rings. The Bertz CT molecular complexity index is 803. The van der Waals surface area contributed by atoms with E-state index in [2.05, 4.69) is 24.3 Å². The fraction of sp³-hybridized carbons (Fsp3) is 0.167. The molecule has 0 fully saturated rings. The fourth-order valence-electron chi connectivity index (χ4n) is 2.43. The van der Waals surface area contributed by atoms with Crippen molar-refractivity contribution < 1.29 is 9.53 Å². The largest absolute Gasteiger partial charge is 0.425 e. The predicted molar refractivity (Wildman–Crippen MR) is 82.1 cm³/mol. The number of hydrogen-bond donors (Lipinski definition) is 0. The van der Waals surface area contributed by atoms with E-state index in [1.807, 2.05) is 31.2 Å². The molecular formula is C18H16O2. The Morgan fingerprint density at radius 1 is 1.00 bits per heavy atom. The summed E-state index contributed by atoms with van der Waals surface area (Å²) in [6, 6.07) is 16.3. The molecule has 0 N–H and O–H groups in total. The molecule has 100 valence electrons. The van der Waals surface area contributed by atoms with Gasteiger partial charge in [-0.15, -0.1) is 0 Å². The molecule has 2 nitrogen and oxygen atoms in total. The normalized spacial score (nSPS) is 10.9. The topological polar surface area (TPSA) is 26.3 Å². The molecule has 0 aliphatic carbocycles. The Hall–Kier alpha value is -2.35. The van der Waals surface area contributed by atoms with Crippen molar-refractivity contribution in [3.63, 3.8) is 0 Å². The van der Waals surface area contributed by atoms with Gasteiger partial charge in [0.1, 0.15) is 5.75 Å². The van der Waals surface area contributed by atoms with Gasteiger partial charge in [-0.05, 0) is 29.8 Å². The minimum Gasteiger partial charge on any atom is -0.425 e. The molecule has 0 radical (unpaired) electrons. The Morgan fingerprint density at radius 2 is 1.75 bits per heavy atom. The molecule has 3 aromatic carbocycles. The second-order valence-corrected chi connectivity index (χ2v) is 4.98. The summed E-state index contributed by atoms with van der Waals surface area (Å²) < 4.78 is 5.61. The molecule has 0 heterocycles. The standard InChI is InChI=1S/C18H16O2/c1-3-17(19)20-18-15-7-5-4-6-13(15)11-14-9-8-12(2)10-16(14)18/h4-11H,3H2,1-2H3. The molecule has 0 bridgehead atoms. The Labute approximate surface area is 118 Å². The summed E-state index contributed by atoms with van der Waals surface area (Å²) >= 11 is 0. The van der Waals surface area contributed by atoms with Crippen LogP contribution in [0.15, 0.2) is 48.5 Å². The van der Waals surface area contributed by atoms with Crippen LogP contribution in [0.2, 0.25) is 0 Å². The Balaban J connectivity index is 2.38. The highest BCUT2D eigenvalue weighted by Gasteiger charge is 2.12. The minimum absolute atomic E-state index is 0.204. The summed E-state index contributed by atoms with van der Waals surface area (Å²) in [6.07, 6.45) is 0.372. The molecule has 0 aliphatic heterocycles. The number of rotatable bonds is 2. The second kappa shape index (κ2) is 4.97. The predicted octanol–water partition coefficient (Wildman–Crippen LogP) is 4.62. The van der Waals surface area contributed by atoms with Crippen molar-refractivity contribution in [1.82, 2.24) is 0 Å². The monoisotopic (exact) mass is 264 g/mol. The summed E-state index contributed by atoms with van der Waals surface area (Å²) in [4.78, 5) is 11.7. The SMILES string of the molecule is CCC(=O)Oc1c2ccccc2cc2ccc(C)cc12. The van der Waals surface area contributed by atoms with Gasteiger partial charge in [0.15, 0.2) is 0 Å². The van der Waals surface area contributed by atoms with Crippen LogP contribution in [0.3, 0.4) is 0 Å². The van der Waals surface area contributed by atoms with Crippen molar-refractivity contribution in [3.05, 3.63) is 54.1 Å². The molecule has 20 heavy (non-hydrogen) atoms. The summed E-state index contributed by atoms with van der Waals surface area (Å²) in [7, 11) is 0. The highest BCUT2D eigenvalue weighted by atomic mass is 16.5. The average molecular weight is 264 g/mol. The molecule has 0 amide bonds. The van der Waals surface area contributed by atoms with Gasteiger partial charge in [-0.3, -0.25) is 4.79 Å². The van der Waals surface area contributed by atoms with Gasteiger partial charge in [-0.1, -0.05) is 48.9 Å². The summed E-state index contributed by atoms with van der Waals surface area (Å²) in [6.45, 7) is 3.85. The zero-order valence-corrected chi connectivity index (χ0v) is 11.6. The molecule has 0 spiro atoms. The molecule has 0 aliphatic rings. The van der Waals surface area contributed by atoms with Crippen molar-refractivity contribution in [3.8, 4) is 5.75 Å². The van der Waals surface area contributed by atoms with E-state index in [9.17, 15) is 4.79 Å². The van der Waals surface area contributed by atoms with Gasteiger partial charge in [-0.25, -0.2) is 0 Å². The van der Waals surface area contributed by atoms with Crippen LogP contribution in [-0.2, 0) is 4.79 Å². The maximum atomic E-state index is 11.7. The quantitative estimate of drug-likeness (QED) is 0.383. The van der Waals surface area contributed by atoms with Crippen LogP contribution < -0.4 is 4.74 Å². The third-order valence-electron chi connectivity index (χ3n) is 3.47. The number of ether oxygens (including phenoxy) is 1. The fourth-order valence-corrected chi connectivity index (χ4v) is 2.43. The van der Waals surface area contributed by atoms with Gasteiger partial charge in [0.05, 0.1) is 0 Å². The smallest absolute Gasteiger partial charge is 0.310 e. The van der Waals surface area contributed by atoms with E-state index in [0.29, 0.717) is 12.2 Å². The van der Waals surface area contributed by atoms with Crippen molar-refractivity contribution in [2.24, 2.45) is 0 Å². The molecule has 0 atom stereocenters. The van der Waals surface area contributed by atoms with Crippen LogP contribution in [0.4, 0.5) is 0 Å². The van der Waals surface area contributed by atoms with E-state index >= 15 is 0 Å². The van der Waals surface area contributed by atoms with Crippen molar-refractivity contribution in [1.29, 1.82) is 0 Å². The van der Waals surface area contributed by atoms with Crippen molar-refractivity contribution >= 4 is 27.5 Å². The van der Waals surface area contributed by atoms with E-state index in [1.54, 1.807) is 6.92 Å². The van der Waals surface area contributed by atoms with Crippen molar-refractivity contribution in [2.75, 3.05) is 0 Å². The van der Waals surface area contributed by atoms with Crippen LogP contribution in [0, 0.1) is 6.92 Å². The molecular weight excluding hydrogens is 248 g/mol. The zero-order chi connectivity index (χ0) is 14.1. The Kier molecular flexibility index (Phi) is 3.15. The zero-order valence-electron chi connectivity index (χ0n) is 11.6. The highest BCUT2D eigenvalue weighted by Crippen LogP contribution is 2.35. The van der Waals surface area contributed by atoms with E-state index < -0.39 is 0 Å². The van der Waals surface area contributed by atoms with Gasteiger partial charge in [0, 0.05) is 17.2 Å². The average Bonchev–Trinajstić information content (AvgIpc) is 2.47. The Morgan fingerprint density at radius 3 is 2.55 bits per heavy atom. The third kappa shape index (κ3) is 2.14. The number of fused-ring (bicyclic) bond motifs is 2. The number of benzene rings is 3. The highest BCUT2D eigenvalue weighted by molar-refractivity contribution is 6.06. The molecule has 0 unspecified atom stereocenters. The van der Waals surface area contributed by atoms with Gasteiger partial charge in [-0.2, -0.15) is 0 Å². The first-order valence-corrected chi connectivity index (χ1v) is 6.82. The van der Waals surface area contributed by atoms with Gasteiger partial charge >= 0.3 is 5.97 Å². The minimum atomic E-state index is -0.204. The maximum Gasteiger partial charge on any atom is 0.310 e. The lowest BCUT2D eigenvalue weighted by Gasteiger charge is -2.12. The lowest BCUT2D eigenvalue weighted by atomic mass is 10.0. The molecule has 2 heteroatoms. The number of esters is 1. The number of aryl methyl sites for hydroxylation is 1. The summed E-state index contributed by atoms with van der Waals surface area (Å²) in [5.41, 5.74) is 1.15. The molecule has 0 saturated carbocycles. The second-order valence-electron chi connectivity index (χ2n) is 4.98. The number of carbonyl (C=O) groups is 1. The van der Waals surface area contributed by atoms with E-state index in [0.717, 1.165) is 27.1 Å². The molecule has 3 rings (SSSR count). The first-order chi connectivity index (χ1) is 9.69. The van der Waals surface area contributed by atoms with Gasteiger partial charge in [0.25, 0.3) is 0 Å². The maximum absolute atomic E-state index is 11.7. The van der Waals surface area contributed by atoms with Gasteiger partial charge in [0.2, 0.25) is 0 Å². The van der Waals surface area contributed by atoms with Crippen LogP contribution in [-0.4, -0.2) is 5.97 Å². The van der Waals surface area contributed by atoms with E-state index in [-0.39, 0.29) is 5.97 Å². The van der Waals surface area contributed by atoms with Crippen molar-refractivity contribution in [2.45, 2.75) is 20.3 Å². The van der Waals surface area contributed by atoms with E-state index in [1.165, 1.54) is 0 Å². The summed E-state index contributed by atoms with van der Waals surface area (Å²) in [5, 5.41) is 4.15. The number of carbonyl (C=O) groups excluding carboxylic acids is 1. The first-order valence-electron chi connectivity index (χ1n) is 6.82.